The molecule has 0 bridgehead atoms. The van der Waals surface area contributed by atoms with E-state index in [1.54, 1.807) is 24.3 Å². The highest BCUT2D eigenvalue weighted by molar-refractivity contribution is 5.96. The van der Waals surface area contributed by atoms with E-state index in [1.807, 2.05) is 24.3 Å². The van der Waals surface area contributed by atoms with Crippen LogP contribution in [0.2, 0.25) is 0 Å². The number of H-pyrrole nitrogens is 1. The predicted octanol–water partition coefficient (Wildman–Crippen LogP) is 1.93. The molecule has 0 unspecified atom stereocenters. The Bertz CT molecular complexity index is 958. The van der Waals surface area contributed by atoms with E-state index in [0.717, 1.165) is 10.9 Å². The van der Waals surface area contributed by atoms with Crippen molar-refractivity contribution in [2.45, 2.75) is 0 Å². The number of rotatable bonds is 6. The van der Waals surface area contributed by atoms with Crippen molar-refractivity contribution in [3.63, 3.8) is 0 Å². The van der Waals surface area contributed by atoms with E-state index in [9.17, 15) is 9.59 Å². The third-order valence-electron chi connectivity index (χ3n) is 3.61. The quantitative estimate of drug-likeness (QED) is 0.571. The third kappa shape index (κ3) is 4.45. The zero-order valence-corrected chi connectivity index (χ0v) is 14.7. The number of aromatic amines is 1. The minimum Gasteiger partial charge on any atom is -0.370 e. The first-order valence-electron chi connectivity index (χ1n) is 7.84. The summed E-state index contributed by atoms with van der Waals surface area (Å²) in [4.78, 5) is 23.8. The van der Waals surface area contributed by atoms with Crippen molar-refractivity contribution >= 4 is 34.8 Å². The van der Waals surface area contributed by atoms with Crippen molar-refractivity contribution < 1.29 is 9.53 Å². The molecule has 0 saturated carbocycles. The molecule has 2 aromatic carbocycles. The number of nitrogens with zero attached hydrogens (tertiary/aromatic N) is 1. The summed E-state index contributed by atoms with van der Waals surface area (Å²) >= 11 is 0. The number of hydrogen-bond acceptors (Lipinski definition) is 5. The number of carbonyl (C=O) groups excluding carboxylic acids is 1. The Hall–Kier alpha value is -2.74. The molecule has 4 N–H and O–H groups in total. The molecule has 136 valence electrons. The van der Waals surface area contributed by atoms with E-state index in [1.165, 1.54) is 0 Å². The van der Waals surface area contributed by atoms with E-state index in [0.29, 0.717) is 29.9 Å². The van der Waals surface area contributed by atoms with Gasteiger partial charge >= 0.3 is 0 Å². The molecule has 0 aliphatic carbocycles. The summed E-state index contributed by atoms with van der Waals surface area (Å²) in [5.74, 6) is -0.259. The van der Waals surface area contributed by atoms with Gasteiger partial charge in [0, 0.05) is 23.2 Å². The molecule has 7 nitrogen and oxygen atoms in total. The van der Waals surface area contributed by atoms with Crippen LogP contribution in [-0.4, -0.2) is 35.9 Å². The summed E-state index contributed by atoms with van der Waals surface area (Å²) in [6.07, 6.45) is 0. The van der Waals surface area contributed by atoms with E-state index in [-0.39, 0.29) is 30.5 Å². The van der Waals surface area contributed by atoms with Gasteiger partial charge in [-0.05, 0) is 18.2 Å². The summed E-state index contributed by atoms with van der Waals surface area (Å²) < 4.78 is 5.11. The average molecular weight is 375 g/mol. The Morgan fingerprint density at radius 1 is 1.15 bits per heavy atom. The summed E-state index contributed by atoms with van der Waals surface area (Å²) in [5.41, 5.74) is 7.13. The van der Waals surface area contributed by atoms with Crippen LogP contribution in [0.15, 0.2) is 53.3 Å². The summed E-state index contributed by atoms with van der Waals surface area (Å²) in [5, 5.41) is 10.8. The molecule has 1 heterocycles. The van der Waals surface area contributed by atoms with Crippen molar-refractivity contribution in [2.75, 3.05) is 25.1 Å². The number of fused-ring (bicyclic) bond motifs is 1. The zero-order valence-electron chi connectivity index (χ0n) is 13.9. The van der Waals surface area contributed by atoms with Gasteiger partial charge in [-0.1, -0.05) is 30.3 Å². The fourth-order valence-electron chi connectivity index (χ4n) is 2.52. The lowest BCUT2D eigenvalue weighted by Crippen LogP contribution is -2.20. The lowest BCUT2D eigenvalue weighted by Gasteiger charge is -2.09. The first-order valence-corrected chi connectivity index (χ1v) is 7.84. The highest BCUT2D eigenvalue weighted by Gasteiger charge is 2.09. The zero-order chi connectivity index (χ0) is 17.6. The minimum atomic E-state index is -0.259. The summed E-state index contributed by atoms with van der Waals surface area (Å²) in [6.45, 7) is 0.649. The first kappa shape index (κ1) is 19.6. The van der Waals surface area contributed by atoms with Gasteiger partial charge in [-0.3, -0.25) is 9.59 Å². The molecule has 8 heteroatoms. The number of nitrogens with two attached hydrogens (primary N) is 1. The lowest BCUT2D eigenvalue weighted by atomic mass is 10.0. The van der Waals surface area contributed by atoms with Crippen molar-refractivity contribution in [2.24, 2.45) is 5.73 Å². The minimum absolute atomic E-state index is 0. The second kappa shape index (κ2) is 9.10. The number of nitrogens with one attached hydrogen (secondary N) is 2. The monoisotopic (exact) mass is 374 g/mol. The number of benzene rings is 2. The molecule has 0 aliphatic heterocycles. The predicted molar refractivity (Wildman–Crippen MR) is 104 cm³/mol. The van der Waals surface area contributed by atoms with Gasteiger partial charge in [0.2, 0.25) is 5.91 Å². The van der Waals surface area contributed by atoms with Crippen LogP contribution in [0.4, 0.5) is 5.69 Å². The number of anilines is 1. The highest BCUT2D eigenvalue weighted by Crippen LogP contribution is 2.26. The standard InChI is InChI=1S/C18H18N4O3.ClH/c19-8-9-25-11-16(23)20-13-5-3-4-12(10-13)17-14-6-1-2-7-15(14)18(24)22-21-17;/h1-7,10H,8-9,11,19H2,(H,20,23)(H,22,24);1H. The third-order valence-corrected chi connectivity index (χ3v) is 3.61. The molecule has 3 aromatic rings. The maximum Gasteiger partial charge on any atom is 0.272 e. The number of carbonyl (C=O) groups is 1. The van der Waals surface area contributed by atoms with Crippen molar-refractivity contribution in [1.82, 2.24) is 10.2 Å². The average Bonchev–Trinajstić information content (AvgIpc) is 2.63. The molecular weight excluding hydrogens is 356 g/mol. The van der Waals surface area contributed by atoms with Crippen LogP contribution in [-0.2, 0) is 9.53 Å². The Morgan fingerprint density at radius 2 is 1.92 bits per heavy atom. The Labute approximate surface area is 156 Å². The number of hydrogen-bond donors (Lipinski definition) is 3. The Morgan fingerprint density at radius 3 is 2.69 bits per heavy atom. The molecule has 0 spiro atoms. The van der Waals surface area contributed by atoms with E-state index >= 15 is 0 Å². The molecule has 0 atom stereocenters. The van der Waals surface area contributed by atoms with E-state index in [4.69, 9.17) is 10.5 Å². The number of ether oxygens (including phenoxy) is 1. The van der Waals surface area contributed by atoms with Gasteiger partial charge in [-0.2, -0.15) is 5.10 Å². The molecule has 1 amide bonds. The molecule has 0 radical (unpaired) electrons. The van der Waals surface area contributed by atoms with Gasteiger partial charge < -0.3 is 15.8 Å². The maximum atomic E-state index is 11.9. The number of aromatic nitrogens is 2. The SMILES string of the molecule is Cl.NCCOCC(=O)Nc1cccc(-c2n[nH]c(=O)c3ccccc23)c1. The molecule has 0 aliphatic rings. The van der Waals surface area contributed by atoms with Crippen LogP contribution in [0.1, 0.15) is 0 Å². The number of amides is 1. The molecule has 0 saturated heterocycles. The lowest BCUT2D eigenvalue weighted by molar-refractivity contribution is -0.120. The molecule has 26 heavy (non-hydrogen) atoms. The van der Waals surface area contributed by atoms with Crippen LogP contribution in [0.25, 0.3) is 22.0 Å². The Kier molecular flexibility index (Phi) is 6.85. The van der Waals surface area contributed by atoms with Gasteiger partial charge in [0.05, 0.1) is 17.7 Å². The first-order chi connectivity index (χ1) is 12.2. The van der Waals surface area contributed by atoms with Gasteiger partial charge in [0.1, 0.15) is 6.61 Å². The Balaban J connectivity index is 0.00000243. The smallest absolute Gasteiger partial charge is 0.272 e. The fraction of sp³-hybridized carbons (Fsp3) is 0.167. The van der Waals surface area contributed by atoms with Crippen LogP contribution < -0.4 is 16.6 Å². The number of halogens is 1. The van der Waals surface area contributed by atoms with Crippen molar-refractivity contribution in [1.29, 1.82) is 0 Å². The highest BCUT2D eigenvalue weighted by atomic mass is 35.5. The van der Waals surface area contributed by atoms with E-state index < -0.39 is 0 Å². The summed E-state index contributed by atoms with van der Waals surface area (Å²) in [7, 11) is 0. The van der Waals surface area contributed by atoms with E-state index in [2.05, 4.69) is 15.5 Å². The van der Waals surface area contributed by atoms with Crippen LogP contribution >= 0.6 is 12.4 Å². The van der Waals surface area contributed by atoms with Gasteiger partial charge in [0.25, 0.3) is 5.56 Å². The second-order valence-electron chi connectivity index (χ2n) is 5.42. The van der Waals surface area contributed by atoms with Gasteiger partial charge in [-0.25, -0.2) is 5.10 Å². The van der Waals surface area contributed by atoms with Gasteiger partial charge in [0.15, 0.2) is 0 Å². The fourth-order valence-corrected chi connectivity index (χ4v) is 2.52. The van der Waals surface area contributed by atoms with Gasteiger partial charge in [-0.15, -0.1) is 12.4 Å². The maximum absolute atomic E-state index is 11.9. The largest absolute Gasteiger partial charge is 0.370 e. The molecule has 3 rings (SSSR count). The van der Waals surface area contributed by atoms with Crippen molar-refractivity contribution in [3.8, 4) is 11.3 Å². The topological polar surface area (TPSA) is 110 Å². The molecule has 1 aromatic heterocycles. The van der Waals surface area contributed by atoms with Crippen molar-refractivity contribution in [3.05, 3.63) is 58.9 Å². The van der Waals surface area contributed by atoms with Crippen LogP contribution in [0.5, 0.6) is 0 Å². The second-order valence-corrected chi connectivity index (χ2v) is 5.42. The van der Waals surface area contributed by atoms with Crippen LogP contribution in [0, 0.1) is 0 Å². The normalized spacial score (nSPS) is 10.3. The molecule has 0 fully saturated rings. The van der Waals surface area contributed by atoms with Crippen LogP contribution in [0.3, 0.4) is 0 Å². The summed E-state index contributed by atoms with van der Waals surface area (Å²) in [6, 6.07) is 14.5. The molecular formula is C18H19ClN4O3.